The van der Waals surface area contributed by atoms with E-state index in [9.17, 15) is 4.79 Å². The van der Waals surface area contributed by atoms with Crippen molar-refractivity contribution in [3.63, 3.8) is 0 Å². The lowest BCUT2D eigenvalue weighted by atomic mass is 10.0. The van der Waals surface area contributed by atoms with Crippen LogP contribution in [0.1, 0.15) is 42.8 Å². The van der Waals surface area contributed by atoms with Crippen LogP contribution in [0, 0.1) is 0 Å². The minimum absolute atomic E-state index is 0.0472. The van der Waals surface area contributed by atoms with E-state index in [1.165, 1.54) is 0 Å². The molecule has 0 aliphatic rings. The number of ketones is 1. The zero-order chi connectivity index (χ0) is 11.0. The van der Waals surface area contributed by atoms with Gasteiger partial charge in [-0.05, 0) is 19.1 Å². The molecule has 0 bridgehead atoms. The van der Waals surface area contributed by atoms with Gasteiger partial charge in [0.25, 0.3) is 0 Å². The molecule has 0 amide bonds. The molecule has 0 saturated carbocycles. The third kappa shape index (κ3) is 1.65. The Morgan fingerprint density at radius 1 is 1.40 bits per heavy atom. The lowest BCUT2D eigenvalue weighted by molar-refractivity contribution is 0.101. The number of aromatic nitrogens is 1. The molecule has 15 heavy (non-hydrogen) atoms. The van der Waals surface area contributed by atoms with Crippen LogP contribution in [0.4, 0.5) is 0 Å². The standard InChI is InChI=1S/C12H13NO2/c1-7(2)12-10-5-4-9(8(3)14)6-11(10)13-15-12/h4-7H,1-3H3. The van der Waals surface area contributed by atoms with Gasteiger partial charge in [-0.15, -0.1) is 0 Å². The average Bonchev–Trinajstić information content (AvgIpc) is 2.59. The predicted octanol–water partition coefficient (Wildman–Crippen LogP) is 3.15. The Morgan fingerprint density at radius 2 is 2.13 bits per heavy atom. The third-order valence-electron chi connectivity index (χ3n) is 2.44. The first-order valence-electron chi connectivity index (χ1n) is 5.00. The number of benzene rings is 1. The first kappa shape index (κ1) is 9.90. The second-order valence-corrected chi connectivity index (χ2v) is 3.99. The summed E-state index contributed by atoms with van der Waals surface area (Å²) in [5.74, 6) is 1.23. The average molecular weight is 203 g/mol. The van der Waals surface area contributed by atoms with E-state index in [-0.39, 0.29) is 5.78 Å². The zero-order valence-corrected chi connectivity index (χ0v) is 9.07. The summed E-state index contributed by atoms with van der Waals surface area (Å²) in [7, 11) is 0. The van der Waals surface area contributed by atoms with Crippen molar-refractivity contribution in [3.8, 4) is 0 Å². The van der Waals surface area contributed by atoms with Crippen molar-refractivity contribution in [3.05, 3.63) is 29.5 Å². The van der Waals surface area contributed by atoms with Crippen molar-refractivity contribution in [1.29, 1.82) is 0 Å². The van der Waals surface area contributed by atoms with E-state index < -0.39 is 0 Å². The molecule has 0 spiro atoms. The van der Waals surface area contributed by atoms with E-state index in [4.69, 9.17) is 4.52 Å². The molecule has 0 N–H and O–H groups in total. The molecule has 0 radical (unpaired) electrons. The number of rotatable bonds is 2. The Morgan fingerprint density at radius 3 is 2.73 bits per heavy atom. The second-order valence-electron chi connectivity index (χ2n) is 3.99. The molecular weight excluding hydrogens is 190 g/mol. The number of nitrogens with zero attached hydrogens (tertiary/aromatic N) is 1. The first-order chi connectivity index (χ1) is 7.09. The lowest BCUT2D eigenvalue weighted by Gasteiger charge is -1.98. The van der Waals surface area contributed by atoms with Crippen LogP contribution in [0.15, 0.2) is 22.7 Å². The van der Waals surface area contributed by atoms with Crippen LogP contribution in [-0.4, -0.2) is 10.9 Å². The molecule has 1 aromatic carbocycles. The van der Waals surface area contributed by atoms with Crippen molar-refractivity contribution < 1.29 is 9.32 Å². The molecule has 0 fully saturated rings. The van der Waals surface area contributed by atoms with Gasteiger partial charge in [0.05, 0.1) is 0 Å². The van der Waals surface area contributed by atoms with Crippen LogP contribution >= 0.6 is 0 Å². The monoisotopic (exact) mass is 203 g/mol. The van der Waals surface area contributed by atoms with E-state index in [2.05, 4.69) is 19.0 Å². The number of hydrogen-bond donors (Lipinski definition) is 0. The molecule has 0 atom stereocenters. The minimum atomic E-state index is 0.0472. The van der Waals surface area contributed by atoms with Gasteiger partial charge < -0.3 is 4.52 Å². The van der Waals surface area contributed by atoms with Gasteiger partial charge in [0.2, 0.25) is 0 Å². The zero-order valence-electron chi connectivity index (χ0n) is 9.07. The molecule has 0 aliphatic heterocycles. The summed E-state index contributed by atoms with van der Waals surface area (Å²) in [5.41, 5.74) is 1.43. The number of carbonyl (C=O) groups is 1. The number of Topliss-reactive ketones (excluding diaryl/α,β-unsaturated/α-hetero) is 1. The Labute approximate surface area is 88.1 Å². The first-order valence-corrected chi connectivity index (χ1v) is 5.00. The highest BCUT2D eigenvalue weighted by Crippen LogP contribution is 2.25. The van der Waals surface area contributed by atoms with Crippen LogP contribution in [-0.2, 0) is 0 Å². The van der Waals surface area contributed by atoms with Gasteiger partial charge in [0.1, 0.15) is 11.3 Å². The maximum Gasteiger partial charge on any atom is 0.159 e. The van der Waals surface area contributed by atoms with E-state index in [0.717, 1.165) is 16.7 Å². The van der Waals surface area contributed by atoms with Crippen molar-refractivity contribution in [1.82, 2.24) is 5.16 Å². The summed E-state index contributed by atoms with van der Waals surface area (Å²) in [4.78, 5) is 11.2. The fourth-order valence-electron chi connectivity index (χ4n) is 1.60. The van der Waals surface area contributed by atoms with Crippen LogP contribution in [0.25, 0.3) is 10.9 Å². The largest absolute Gasteiger partial charge is 0.360 e. The quantitative estimate of drug-likeness (QED) is 0.704. The highest BCUT2D eigenvalue weighted by atomic mass is 16.5. The van der Waals surface area contributed by atoms with E-state index in [1.807, 2.05) is 12.1 Å². The van der Waals surface area contributed by atoms with Crippen molar-refractivity contribution >= 4 is 16.7 Å². The Balaban J connectivity index is 2.61. The Hall–Kier alpha value is -1.64. The molecule has 2 rings (SSSR count). The smallest absolute Gasteiger partial charge is 0.159 e. The summed E-state index contributed by atoms with van der Waals surface area (Å²) in [6, 6.07) is 5.48. The van der Waals surface area contributed by atoms with Crippen molar-refractivity contribution in [2.45, 2.75) is 26.7 Å². The Bertz CT molecular complexity index is 511. The summed E-state index contributed by atoms with van der Waals surface area (Å²) in [6.07, 6.45) is 0. The highest BCUT2D eigenvalue weighted by molar-refractivity contribution is 5.97. The molecule has 0 unspecified atom stereocenters. The molecule has 3 nitrogen and oxygen atoms in total. The number of carbonyl (C=O) groups excluding carboxylic acids is 1. The van der Waals surface area contributed by atoms with E-state index >= 15 is 0 Å². The van der Waals surface area contributed by atoms with Crippen LogP contribution in [0.3, 0.4) is 0 Å². The maximum atomic E-state index is 11.2. The topological polar surface area (TPSA) is 43.1 Å². The lowest BCUT2D eigenvalue weighted by Crippen LogP contribution is -1.91. The van der Waals surface area contributed by atoms with Crippen molar-refractivity contribution in [2.24, 2.45) is 0 Å². The van der Waals surface area contributed by atoms with Crippen LogP contribution < -0.4 is 0 Å². The Kier molecular flexibility index (Phi) is 2.31. The summed E-state index contributed by atoms with van der Waals surface area (Å²) in [6.45, 7) is 5.66. The van der Waals surface area contributed by atoms with Crippen molar-refractivity contribution in [2.75, 3.05) is 0 Å². The minimum Gasteiger partial charge on any atom is -0.360 e. The van der Waals surface area contributed by atoms with Gasteiger partial charge in [-0.1, -0.05) is 25.1 Å². The molecule has 3 heteroatoms. The summed E-state index contributed by atoms with van der Waals surface area (Å²) >= 11 is 0. The van der Waals surface area contributed by atoms with E-state index in [0.29, 0.717) is 11.5 Å². The predicted molar refractivity (Wildman–Crippen MR) is 58.1 cm³/mol. The van der Waals surface area contributed by atoms with Gasteiger partial charge in [-0.3, -0.25) is 4.79 Å². The second kappa shape index (κ2) is 3.50. The molecule has 78 valence electrons. The molecule has 1 heterocycles. The fourth-order valence-corrected chi connectivity index (χ4v) is 1.60. The molecule has 2 aromatic rings. The highest BCUT2D eigenvalue weighted by Gasteiger charge is 2.12. The summed E-state index contributed by atoms with van der Waals surface area (Å²) in [5, 5.41) is 4.95. The number of fused-ring (bicyclic) bond motifs is 1. The van der Waals surface area contributed by atoms with Gasteiger partial charge in [0, 0.05) is 16.9 Å². The van der Waals surface area contributed by atoms with Gasteiger partial charge >= 0.3 is 0 Å². The summed E-state index contributed by atoms with van der Waals surface area (Å²) < 4.78 is 5.25. The van der Waals surface area contributed by atoms with Crippen LogP contribution in [0.2, 0.25) is 0 Å². The third-order valence-corrected chi connectivity index (χ3v) is 2.44. The number of hydrogen-bond acceptors (Lipinski definition) is 3. The molecule has 0 aliphatic carbocycles. The molecule has 1 aromatic heterocycles. The van der Waals surface area contributed by atoms with Crippen LogP contribution in [0.5, 0.6) is 0 Å². The van der Waals surface area contributed by atoms with Gasteiger partial charge in [0.15, 0.2) is 5.78 Å². The normalized spacial score (nSPS) is 11.2. The SMILES string of the molecule is CC(=O)c1ccc2c(C(C)C)onc2c1. The fraction of sp³-hybridized carbons (Fsp3) is 0.333. The van der Waals surface area contributed by atoms with E-state index in [1.54, 1.807) is 13.0 Å². The molecule has 0 saturated heterocycles. The molecular formula is C12H13NO2. The van der Waals surface area contributed by atoms with Gasteiger partial charge in [-0.25, -0.2) is 0 Å². The van der Waals surface area contributed by atoms with Gasteiger partial charge in [-0.2, -0.15) is 0 Å². The maximum absolute atomic E-state index is 11.2.